The van der Waals surface area contributed by atoms with Crippen LogP contribution < -0.4 is 0 Å². The second-order valence-electron chi connectivity index (χ2n) is 6.24. The summed E-state index contributed by atoms with van der Waals surface area (Å²) >= 11 is 0. The Morgan fingerprint density at radius 3 is 2.35 bits per heavy atom. The highest BCUT2D eigenvalue weighted by Gasteiger charge is 2.16. The van der Waals surface area contributed by atoms with E-state index in [0.717, 1.165) is 5.52 Å². The van der Waals surface area contributed by atoms with Gasteiger partial charge in [-0.05, 0) is 38.5 Å². The minimum atomic E-state index is -0.553. The van der Waals surface area contributed by atoms with Gasteiger partial charge in [0.2, 0.25) is 0 Å². The van der Waals surface area contributed by atoms with Gasteiger partial charge in [-0.1, -0.05) is 11.6 Å². The number of aliphatic hydroxyl groups is 3. The largest absolute Gasteiger partial charge is 0.395 e. The molecule has 0 unspecified atom stereocenters. The van der Waals surface area contributed by atoms with Gasteiger partial charge in [-0.15, -0.1) is 0 Å². The fraction of sp³-hybridized carbons (Fsp3) is 0.556. The van der Waals surface area contributed by atoms with Crippen LogP contribution in [0.1, 0.15) is 16.8 Å². The molecule has 0 radical (unpaired) electrons. The van der Waals surface area contributed by atoms with Crippen molar-refractivity contribution in [1.82, 2.24) is 9.47 Å². The van der Waals surface area contributed by atoms with E-state index in [4.69, 9.17) is 10.2 Å². The number of aliphatic hydroxyl groups excluding tert-OH is 3. The normalized spacial score (nSPS) is 13.2. The molecule has 0 aliphatic rings. The highest BCUT2D eigenvalue weighted by molar-refractivity contribution is 5.85. The highest BCUT2D eigenvalue weighted by Crippen LogP contribution is 2.26. The average molecular weight is 320 g/mol. The van der Waals surface area contributed by atoms with Crippen LogP contribution >= 0.6 is 0 Å². The molecule has 0 aliphatic heterocycles. The van der Waals surface area contributed by atoms with E-state index >= 15 is 0 Å². The zero-order chi connectivity index (χ0) is 17.0. The molecule has 0 spiro atoms. The summed E-state index contributed by atoms with van der Waals surface area (Å²) in [6, 6.07) is 6.38. The van der Waals surface area contributed by atoms with Crippen molar-refractivity contribution in [2.24, 2.45) is 0 Å². The average Bonchev–Trinajstić information content (AvgIpc) is 2.72. The summed E-state index contributed by atoms with van der Waals surface area (Å²) in [4.78, 5) is 1.88. The molecule has 0 fully saturated rings. The van der Waals surface area contributed by atoms with Crippen LogP contribution in [0.2, 0.25) is 0 Å². The first kappa shape index (κ1) is 17.9. The smallest absolute Gasteiger partial charge is 0.0845 e. The molecule has 2 rings (SSSR count). The third-order valence-electron chi connectivity index (χ3n) is 4.49. The van der Waals surface area contributed by atoms with Crippen LogP contribution in [0, 0.1) is 20.8 Å². The van der Waals surface area contributed by atoms with Crippen LogP contribution in [-0.2, 0) is 6.54 Å². The Bertz CT molecular complexity index is 645. The van der Waals surface area contributed by atoms with Crippen molar-refractivity contribution < 1.29 is 15.3 Å². The van der Waals surface area contributed by atoms with Gasteiger partial charge in [-0.25, -0.2) is 0 Å². The molecule has 23 heavy (non-hydrogen) atoms. The minimum absolute atomic E-state index is 0.0244. The Hall–Kier alpha value is -1.40. The molecule has 2 aromatic rings. The Morgan fingerprint density at radius 2 is 1.74 bits per heavy atom. The third kappa shape index (κ3) is 4.12. The molecule has 5 nitrogen and oxygen atoms in total. The second kappa shape index (κ2) is 7.93. The van der Waals surface area contributed by atoms with E-state index in [-0.39, 0.29) is 13.2 Å². The molecular formula is C18H28N2O3. The van der Waals surface area contributed by atoms with E-state index in [2.05, 4.69) is 43.5 Å². The van der Waals surface area contributed by atoms with Crippen molar-refractivity contribution in [2.75, 3.05) is 32.8 Å². The van der Waals surface area contributed by atoms with Crippen molar-refractivity contribution in [3.63, 3.8) is 0 Å². The number of benzene rings is 1. The summed E-state index contributed by atoms with van der Waals surface area (Å²) in [5, 5.41) is 29.8. The minimum Gasteiger partial charge on any atom is -0.395 e. The van der Waals surface area contributed by atoms with Gasteiger partial charge in [0.15, 0.2) is 0 Å². The molecule has 3 N–H and O–H groups in total. The Kier molecular flexibility index (Phi) is 6.18. The number of aromatic nitrogens is 1. The molecular weight excluding hydrogens is 292 g/mol. The van der Waals surface area contributed by atoms with Gasteiger partial charge >= 0.3 is 0 Å². The summed E-state index contributed by atoms with van der Waals surface area (Å²) in [7, 11) is 0. The molecule has 1 atom stereocenters. The molecule has 0 aliphatic carbocycles. The maximum absolute atomic E-state index is 10.4. The van der Waals surface area contributed by atoms with E-state index < -0.39 is 6.10 Å². The molecule has 0 amide bonds. The summed E-state index contributed by atoms with van der Waals surface area (Å²) < 4.78 is 2.16. The van der Waals surface area contributed by atoms with Crippen LogP contribution in [0.15, 0.2) is 18.2 Å². The standard InChI is InChI=1S/C18H28N2O3/c1-13-4-5-18-17(10-13)14(2)15(3)20(18)12-16(23)11-19(6-8-21)7-9-22/h4-5,10,16,21-23H,6-9,11-12H2,1-3H3/t16-/m1/s1. The van der Waals surface area contributed by atoms with Gasteiger partial charge in [0.05, 0.1) is 25.9 Å². The molecule has 1 aromatic carbocycles. The lowest BCUT2D eigenvalue weighted by atomic mass is 10.1. The number of hydrogen-bond acceptors (Lipinski definition) is 4. The molecule has 1 heterocycles. The summed E-state index contributed by atoms with van der Waals surface area (Å²) in [6.07, 6.45) is -0.553. The lowest BCUT2D eigenvalue weighted by molar-refractivity contribution is 0.0777. The maximum Gasteiger partial charge on any atom is 0.0845 e. The number of hydrogen-bond donors (Lipinski definition) is 3. The maximum atomic E-state index is 10.4. The monoisotopic (exact) mass is 320 g/mol. The van der Waals surface area contributed by atoms with Crippen LogP contribution in [0.25, 0.3) is 10.9 Å². The second-order valence-corrected chi connectivity index (χ2v) is 6.24. The van der Waals surface area contributed by atoms with Crippen molar-refractivity contribution in [1.29, 1.82) is 0 Å². The first-order chi connectivity index (χ1) is 11.0. The van der Waals surface area contributed by atoms with E-state index in [0.29, 0.717) is 26.2 Å². The Morgan fingerprint density at radius 1 is 1.09 bits per heavy atom. The van der Waals surface area contributed by atoms with Crippen molar-refractivity contribution in [3.05, 3.63) is 35.0 Å². The van der Waals surface area contributed by atoms with Gasteiger partial charge in [-0.3, -0.25) is 4.90 Å². The number of fused-ring (bicyclic) bond motifs is 1. The van der Waals surface area contributed by atoms with Crippen molar-refractivity contribution >= 4 is 10.9 Å². The molecule has 0 bridgehead atoms. The molecule has 1 aromatic heterocycles. The quantitative estimate of drug-likeness (QED) is 0.684. The van der Waals surface area contributed by atoms with Crippen LogP contribution in [0.4, 0.5) is 0 Å². The van der Waals surface area contributed by atoms with Gasteiger partial charge in [0, 0.05) is 36.2 Å². The molecule has 5 heteroatoms. The first-order valence-electron chi connectivity index (χ1n) is 8.16. The zero-order valence-electron chi connectivity index (χ0n) is 14.3. The third-order valence-corrected chi connectivity index (χ3v) is 4.49. The SMILES string of the molecule is Cc1ccc2c(c1)c(C)c(C)n2C[C@H](O)CN(CCO)CCO. The topological polar surface area (TPSA) is 68.9 Å². The fourth-order valence-electron chi connectivity index (χ4n) is 3.14. The first-order valence-corrected chi connectivity index (χ1v) is 8.16. The van der Waals surface area contributed by atoms with E-state index in [1.165, 1.54) is 22.2 Å². The van der Waals surface area contributed by atoms with E-state index in [1.54, 1.807) is 0 Å². The fourth-order valence-corrected chi connectivity index (χ4v) is 3.14. The lowest BCUT2D eigenvalue weighted by Crippen LogP contribution is -2.38. The van der Waals surface area contributed by atoms with Gasteiger partial charge in [0.25, 0.3) is 0 Å². The number of nitrogens with zero attached hydrogens (tertiary/aromatic N) is 2. The van der Waals surface area contributed by atoms with Crippen molar-refractivity contribution in [3.8, 4) is 0 Å². The predicted octanol–water partition coefficient (Wildman–Crippen LogP) is 1.21. The van der Waals surface area contributed by atoms with Crippen LogP contribution in [0.3, 0.4) is 0 Å². The summed E-state index contributed by atoms with van der Waals surface area (Å²) in [5.74, 6) is 0. The van der Waals surface area contributed by atoms with Crippen LogP contribution in [0.5, 0.6) is 0 Å². The molecule has 128 valence electrons. The summed E-state index contributed by atoms with van der Waals surface area (Å²) in [6.45, 7) is 8.19. The van der Waals surface area contributed by atoms with Gasteiger partial charge in [-0.2, -0.15) is 0 Å². The molecule has 0 saturated heterocycles. The van der Waals surface area contributed by atoms with Gasteiger partial charge < -0.3 is 19.9 Å². The van der Waals surface area contributed by atoms with E-state index in [9.17, 15) is 5.11 Å². The number of aryl methyl sites for hydroxylation is 2. The Balaban J connectivity index is 2.19. The molecule has 0 saturated carbocycles. The van der Waals surface area contributed by atoms with Crippen molar-refractivity contribution in [2.45, 2.75) is 33.4 Å². The highest BCUT2D eigenvalue weighted by atomic mass is 16.3. The summed E-state index contributed by atoms with van der Waals surface area (Å²) in [5.41, 5.74) is 4.79. The van der Waals surface area contributed by atoms with Crippen LogP contribution in [-0.4, -0.2) is 63.7 Å². The Labute approximate surface area is 137 Å². The van der Waals surface area contributed by atoms with E-state index in [1.807, 2.05) is 4.90 Å². The lowest BCUT2D eigenvalue weighted by Gasteiger charge is -2.24. The number of rotatable bonds is 8. The zero-order valence-corrected chi connectivity index (χ0v) is 14.3. The van der Waals surface area contributed by atoms with Gasteiger partial charge in [0.1, 0.15) is 0 Å². The predicted molar refractivity (Wildman–Crippen MR) is 92.8 cm³/mol.